The first kappa shape index (κ1) is 16.2. The van der Waals surface area contributed by atoms with Crippen LogP contribution in [0.4, 0.5) is 5.69 Å². The zero-order valence-electron chi connectivity index (χ0n) is 12.9. The van der Waals surface area contributed by atoms with Crippen molar-refractivity contribution in [2.75, 3.05) is 24.6 Å². The molecular weight excluding hydrogens is 338 g/mol. The van der Waals surface area contributed by atoms with Crippen molar-refractivity contribution in [1.29, 1.82) is 0 Å². The Morgan fingerprint density at radius 3 is 2.83 bits per heavy atom. The lowest BCUT2D eigenvalue weighted by Crippen LogP contribution is -2.33. The Balaban J connectivity index is 1.80. The van der Waals surface area contributed by atoms with Gasteiger partial charge in [-0.2, -0.15) is 5.10 Å². The summed E-state index contributed by atoms with van der Waals surface area (Å²) in [6.45, 7) is 4.48. The predicted octanol–water partition coefficient (Wildman–Crippen LogP) is 2.19. The van der Waals surface area contributed by atoms with Gasteiger partial charge in [0, 0.05) is 13.1 Å². The van der Waals surface area contributed by atoms with E-state index in [9.17, 15) is 4.79 Å². The lowest BCUT2D eigenvalue weighted by atomic mass is 10.1. The summed E-state index contributed by atoms with van der Waals surface area (Å²) in [5.74, 6) is 0. The molecule has 1 aliphatic rings. The first-order chi connectivity index (χ1) is 11.2. The molecule has 0 atom stereocenters. The minimum atomic E-state index is -0.303. The van der Waals surface area contributed by atoms with E-state index in [-0.39, 0.29) is 17.1 Å². The van der Waals surface area contributed by atoms with Crippen LogP contribution in [-0.4, -0.2) is 39.7 Å². The number of piperidine rings is 1. The number of aromatic nitrogens is 4. The highest BCUT2D eigenvalue weighted by Crippen LogP contribution is 2.25. The highest BCUT2D eigenvalue weighted by Gasteiger charge is 2.18. The van der Waals surface area contributed by atoms with Crippen LogP contribution in [0.3, 0.4) is 0 Å². The number of hydrogen-bond donors (Lipinski definition) is 0. The topological polar surface area (TPSA) is 73.1 Å². The van der Waals surface area contributed by atoms with Gasteiger partial charge in [-0.05, 0) is 26.2 Å². The molecule has 1 fully saturated rings. The lowest BCUT2D eigenvalue weighted by molar-refractivity contribution is 0.335. The highest BCUT2D eigenvalue weighted by atomic mass is 35.5. The van der Waals surface area contributed by atoms with E-state index in [2.05, 4.69) is 20.2 Å². The molecule has 2 aromatic heterocycles. The summed E-state index contributed by atoms with van der Waals surface area (Å²) in [5.41, 5.74) is 0.419. The van der Waals surface area contributed by atoms with Gasteiger partial charge in [0.1, 0.15) is 10.0 Å². The first-order valence-electron chi connectivity index (χ1n) is 7.64. The standard InChI is InChI=1S/C14H18ClN5O2S/c1-2-22-14-18-17-11(23-14)9-20-13(21)12(15)10(8-16-20)19-6-4-3-5-7-19/h8H,2-7,9H2,1H3. The number of halogens is 1. The number of nitrogens with zero attached hydrogens (tertiary/aromatic N) is 5. The molecule has 124 valence electrons. The van der Waals surface area contributed by atoms with E-state index in [0.29, 0.717) is 16.8 Å². The normalized spacial score (nSPS) is 15.0. The van der Waals surface area contributed by atoms with Crippen molar-refractivity contribution in [3.63, 3.8) is 0 Å². The summed E-state index contributed by atoms with van der Waals surface area (Å²) in [4.78, 5) is 14.6. The molecule has 1 saturated heterocycles. The molecule has 0 N–H and O–H groups in total. The van der Waals surface area contributed by atoms with Gasteiger partial charge >= 0.3 is 0 Å². The Labute approximate surface area is 142 Å². The van der Waals surface area contributed by atoms with E-state index in [1.807, 2.05) is 6.92 Å². The Bertz CT molecular complexity index is 726. The molecular formula is C14H18ClN5O2S. The zero-order chi connectivity index (χ0) is 16.2. The molecule has 0 radical (unpaired) electrons. The van der Waals surface area contributed by atoms with Gasteiger partial charge in [-0.1, -0.05) is 28.0 Å². The van der Waals surface area contributed by atoms with E-state index in [1.54, 1.807) is 6.20 Å². The molecule has 3 rings (SSSR count). The Hall–Kier alpha value is -1.67. The predicted molar refractivity (Wildman–Crippen MR) is 89.8 cm³/mol. The Kier molecular flexibility index (Phi) is 5.12. The number of hydrogen-bond acceptors (Lipinski definition) is 7. The second-order valence-corrected chi connectivity index (χ2v) is 6.65. The van der Waals surface area contributed by atoms with E-state index in [4.69, 9.17) is 16.3 Å². The zero-order valence-corrected chi connectivity index (χ0v) is 14.4. The van der Waals surface area contributed by atoms with Gasteiger partial charge < -0.3 is 9.64 Å². The Morgan fingerprint density at radius 1 is 1.30 bits per heavy atom. The summed E-state index contributed by atoms with van der Waals surface area (Å²) in [6.07, 6.45) is 5.12. The molecule has 0 aromatic carbocycles. The van der Waals surface area contributed by atoms with Gasteiger partial charge in [0.05, 0.1) is 25.0 Å². The molecule has 0 amide bonds. The second kappa shape index (κ2) is 7.27. The summed E-state index contributed by atoms with van der Waals surface area (Å²) >= 11 is 7.58. The van der Waals surface area contributed by atoms with Gasteiger partial charge in [-0.15, -0.1) is 5.10 Å². The fraction of sp³-hybridized carbons (Fsp3) is 0.571. The van der Waals surface area contributed by atoms with Crippen LogP contribution >= 0.6 is 22.9 Å². The van der Waals surface area contributed by atoms with Crippen LogP contribution < -0.4 is 15.2 Å². The molecule has 0 bridgehead atoms. The van der Waals surface area contributed by atoms with Crippen molar-refractivity contribution < 1.29 is 4.74 Å². The van der Waals surface area contributed by atoms with Crippen LogP contribution in [0.5, 0.6) is 5.19 Å². The molecule has 7 nitrogen and oxygen atoms in total. The van der Waals surface area contributed by atoms with Crippen molar-refractivity contribution in [2.24, 2.45) is 0 Å². The summed E-state index contributed by atoms with van der Waals surface area (Å²) in [7, 11) is 0. The smallest absolute Gasteiger partial charge is 0.294 e. The highest BCUT2D eigenvalue weighted by molar-refractivity contribution is 7.13. The Morgan fingerprint density at radius 2 is 2.09 bits per heavy atom. The third kappa shape index (κ3) is 3.64. The summed E-state index contributed by atoms with van der Waals surface area (Å²) in [6, 6.07) is 0. The van der Waals surface area contributed by atoms with Gasteiger partial charge in [0.15, 0.2) is 0 Å². The van der Waals surface area contributed by atoms with Gasteiger partial charge in [-0.25, -0.2) is 4.68 Å². The molecule has 0 unspecified atom stereocenters. The van der Waals surface area contributed by atoms with Crippen molar-refractivity contribution in [1.82, 2.24) is 20.0 Å². The monoisotopic (exact) mass is 355 g/mol. The van der Waals surface area contributed by atoms with Crippen LogP contribution in [0.2, 0.25) is 5.02 Å². The summed E-state index contributed by atoms with van der Waals surface area (Å²) in [5, 5.41) is 13.5. The maximum absolute atomic E-state index is 12.4. The van der Waals surface area contributed by atoms with E-state index in [1.165, 1.54) is 22.4 Å². The molecule has 2 aromatic rings. The molecule has 0 saturated carbocycles. The molecule has 23 heavy (non-hydrogen) atoms. The average molecular weight is 356 g/mol. The molecule has 0 spiro atoms. The van der Waals surface area contributed by atoms with Crippen molar-refractivity contribution in [3.8, 4) is 5.19 Å². The van der Waals surface area contributed by atoms with Crippen molar-refractivity contribution in [3.05, 3.63) is 26.6 Å². The van der Waals surface area contributed by atoms with Crippen LogP contribution in [0.25, 0.3) is 0 Å². The first-order valence-corrected chi connectivity index (χ1v) is 8.84. The fourth-order valence-electron chi connectivity index (χ4n) is 2.54. The largest absolute Gasteiger partial charge is 0.469 e. The second-order valence-electron chi connectivity index (χ2n) is 5.25. The number of rotatable bonds is 5. The minimum Gasteiger partial charge on any atom is -0.469 e. The van der Waals surface area contributed by atoms with Gasteiger partial charge in [0.2, 0.25) is 0 Å². The average Bonchev–Trinajstić information content (AvgIpc) is 3.00. The number of ether oxygens (including phenoxy) is 1. The third-order valence-electron chi connectivity index (χ3n) is 3.66. The fourth-order valence-corrected chi connectivity index (χ4v) is 3.53. The van der Waals surface area contributed by atoms with Crippen LogP contribution in [-0.2, 0) is 6.54 Å². The molecule has 3 heterocycles. The molecule has 0 aliphatic carbocycles. The van der Waals surface area contributed by atoms with Crippen LogP contribution in [0.15, 0.2) is 11.0 Å². The minimum absolute atomic E-state index is 0.219. The SMILES string of the molecule is CCOc1nnc(Cn2ncc(N3CCCCC3)c(Cl)c2=O)s1. The summed E-state index contributed by atoms with van der Waals surface area (Å²) < 4.78 is 6.59. The maximum Gasteiger partial charge on any atom is 0.294 e. The maximum atomic E-state index is 12.4. The third-order valence-corrected chi connectivity index (χ3v) is 4.84. The number of anilines is 1. The lowest BCUT2D eigenvalue weighted by Gasteiger charge is -2.29. The van der Waals surface area contributed by atoms with E-state index in [0.717, 1.165) is 31.6 Å². The van der Waals surface area contributed by atoms with Crippen LogP contribution in [0, 0.1) is 0 Å². The quantitative estimate of drug-likeness (QED) is 0.818. The molecule has 9 heteroatoms. The van der Waals surface area contributed by atoms with E-state index < -0.39 is 0 Å². The van der Waals surface area contributed by atoms with Crippen molar-refractivity contribution >= 4 is 28.6 Å². The molecule has 1 aliphatic heterocycles. The van der Waals surface area contributed by atoms with E-state index >= 15 is 0 Å². The van der Waals surface area contributed by atoms with Gasteiger partial charge in [-0.3, -0.25) is 4.79 Å². The van der Waals surface area contributed by atoms with Crippen LogP contribution in [0.1, 0.15) is 31.2 Å². The van der Waals surface area contributed by atoms with Crippen molar-refractivity contribution in [2.45, 2.75) is 32.7 Å². The van der Waals surface area contributed by atoms with Gasteiger partial charge in [0.25, 0.3) is 10.8 Å².